The van der Waals surface area contributed by atoms with Crippen LogP contribution in [0.4, 0.5) is 11.5 Å². The second-order valence-electron chi connectivity index (χ2n) is 6.18. The molecule has 26 heavy (non-hydrogen) atoms. The molecule has 1 aliphatic rings. The number of carbonyl (C=O) groups excluding carboxylic acids is 1. The predicted molar refractivity (Wildman–Crippen MR) is 108 cm³/mol. The van der Waals surface area contributed by atoms with Gasteiger partial charge in [-0.1, -0.05) is 29.3 Å². The summed E-state index contributed by atoms with van der Waals surface area (Å²) in [6.45, 7) is 3.97. The van der Waals surface area contributed by atoms with E-state index in [1.54, 1.807) is 30.5 Å². The number of carbonyl (C=O) groups is 1. The summed E-state index contributed by atoms with van der Waals surface area (Å²) in [6, 6.07) is 8.93. The van der Waals surface area contributed by atoms with Gasteiger partial charge in [0.05, 0.1) is 11.9 Å². The molecule has 1 aromatic carbocycles. The number of rotatable bonds is 4. The number of benzene rings is 1. The standard InChI is InChI=1S/C19H20Cl2N4O/c1-24-8-10-25(11-9-24)18-6-5-16(13-22-18)23-19(26)7-3-14-2-4-15(20)12-17(14)21/h2-7,12-13H,8-11H2,1H3,(H,23,26)/b7-3+. The average Bonchev–Trinajstić information content (AvgIpc) is 2.62. The minimum atomic E-state index is -0.245. The van der Waals surface area contributed by atoms with Gasteiger partial charge < -0.3 is 15.1 Å². The first kappa shape index (κ1) is 18.7. The lowest BCUT2D eigenvalue weighted by Gasteiger charge is -2.33. The quantitative estimate of drug-likeness (QED) is 0.806. The van der Waals surface area contributed by atoms with Gasteiger partial charge in [-0.05, 0) is 43.0 Å². The van der Waals surface area contributed by atoms with Gasteiger partial charge in [0.25, 0.3) is 0 Å². The highest BCUT2D eigenvalue weighted by molar-refractivity contribution is 6.35. The molecule has 2 aromatic rings. The Labute approximate surface area is 163 Å². The van der Waals surface area contributed by atoms with Crippen LogP contribution in [0.25, 0.3) is 6.08 Å². The molecule has 1 amide bonds. The molecule has 0 radical (unpaired) electrons. The molecule has 0 spiro atoms. The topological polar surface area (TPSA) is 48.5 Å². The first-order valence-corrected chi connectivity index (χ1v) is 9.10. The number of pyridine rings is 1. The van der Waals surface area contributed by atoms with Gasteiger partial charge in [0, 0.05) is 42.3 Å². The zero-order valence-corrected chi connectivity index (χ0v) is 16.0. The van der Waals surface area contributed by atoms with Gasteiger partial charge in [-0.25, -0.2) is 4.98 Å². The van der Waals surface area contributed by atoms with E-state index in [0.29, 0.717) is 15.7 Å². The maximum atomic E-state index is 12.1. The number of amides is 1. The van der Waals surface area contributed by atoms with E-state index >= 15 is 0 Å². The summed E-state index contributed by atoms with van der Waals surface area (Å²) in [5, 5.41) is 3.85. The highest BCUT2D eigenvalue weighted by Gasteiger charge is 2.15. The maximum absolute atomic E-state index is 12.1. The Bertz CT molecular complexity index is 800. The van der Waals surface area contributed by atoms with Crippen LogP contribution in [-0.2, 0) is 4.79 Å². The molecule has 0 saturated carbocycles. The maximum Gasteiger partial charge on any atom is 0.248 e. The highest BCUT2D eigenvalue weighted by Crippen LogP contribution is 2.22. The van der Waals surface area contributed by atoms with Crippen molar-refractivity contribution >= 4 is 46.7 Å². The van der Waals surface area contributed by atoms with Crippen LogP contribution in [0.1, 0.15) is 5.56 Å². The summed E-state index contributed by atoms with van der Waals surface area (Å²) in [6.07, 6.45) is 4.76. The summed E-state index contributed by atoms with van der Waals surface area (Å²) >= 11 is 12.0. The number of anilines is 2. The summed E-state index contributed by atoms with van der Waals surface area (Å²) in [5.74, 6) is 0.685. The first-order chi connectivity index (χ1) is 12.5. The van der Waals surface area contributed by atoms with Crippen LogP contribution in [-0.4, -0.2) is 49.0 Å². The number of nitrogens with zero attached hydrogens (tertiary/aromatic N) is 3. The number of halogens is 2. The van der Waals surface area contributed by atoms with Crippen LogP contribution in [0.5, 0.6) is 0 Å². The van der Waals surface area contributed by atoms with Crippen LogP contribution in [0.15, 0.2) is 42.6 Å². The van der Waals surface area contributed by atoms with Crippen molar-refractivity contribution in [3.05, 3.63) is 58.2 Å². The molecule has 1 aliphatic heterocycles. The molecule has 0 aliphatic carbocycles. The van der Waals surface area contributed by atoms with Crippen molar-refractivity contribution in [2.45, 2.75) is 0 Å². The molecule has 1 N–H and O–H groups in total. The normalized spacial score (nSPS) is 15.4. The number of hydrogen-bond donors (Lipinski definition) is 1. The van der Waals surface area contributed by atoms with Crippen molar-refractivity contribution in [3.8, 4) is 0 Å². The molecule has 0 atom stereocenters. The Balaban J connectivity index is 1.58. The Morgan fingerprint density at radius 1 is 1.15 bits per heavy atom. The van der Waals surface area contributed by atoms with E-state index in [2.05, 4.69) is 27.1 Å². The predicted octanol–water partition coefficient (Wildman–Crippen LogP) is 3.79. The van der Waals surface area contributed by atoms with Gasteiger partial charge in [-0.3, -0.25) is 4.79 Å². The van der Waals surface area contributed by atoms with Crippen LogP contribution in [0.2, 0.25) is 10.0 Å². The van der Waals surface area contributed by atoms with Crippen molar-refractivity contribution in [1.82, 2.24) is 9.88 Å². The van der Waals surface area contributed by atoms with Gasteiger partial charge >= 0.3 is 0 Å². The smallest absolute Gasteiger partial charge is 0.248 e. The van der Waals surface area contributed by atoms with Crippen LogP contribution in [0.3, 0.4) is 0 Å². The summed E-state index contributed by atoms with van der Waals surface area (Å²) in [4.78, 5) is 21.1. The van der Waals surface area contributed by atoms with Crippen molar-refractivity contribution in [3.63, 3.8) is 0 Å². The lowest BCUT2D eigenvalue weighted by Crippen LogP contribution is -2.44. The summed E-state index contributed by atoms with van der Waals surface area (Å²) in [7, 11) is 2.12. The number of piperazine rings is 1. The van der Waals surface area contributed by atoms with Crippen molar-refractivity contribution in [2.24, 2.45) is 0 Å². The Hall–Kier alpha value is -2.08. The summed E-state index contributed by atoms with van der Waals surface area (Å²) < 4.78 is 0. The zero-order valence-electron chi connectivity index (χ0n) is 14.5. The Morgan fingerprint density at radius 2 is 1.92 bits per heavy atom. The largest absolute Gasteiger partial charge is 0.354 e. The number of likely N-dealkylation sites (N-methyl/N-ethyl adjacent to an activating group) is 1. The van der Waals surface area contributed by atoms with Gasteiger partial charge in [0.15, 0.2) is 0 Å². The fourth-order valence-corrected chi connectivity index (χ4v) is 3.14. The molecule has 0 unspecified atom stereocenters. The second-order valence-corrected chi connectivity index (χ2v) is 7.03. The monoisotopic (exact) mass is 390 g/mol. The highest BCUT2D eigenvalue weighted by atomic mass is 35.5. The minimum absolute atomic E-state index is 0.245. The number of hydrogen-bond acceptors (Lipinski definition) is 4. The van der Waals surface area contributed by atoms with Crippen LogP contribution >= 0.6 is 23.2 Å². The molecule has 1 aromatic heterocycles. The van der Waals surface area contributed by atoms with Crippen molar-refractivity contribution in [1.29, 1.82) is 0 Å². The van der Waals surface area contributed by atoms with E-state index in [1.807, 2.05) is 12.1 Å². The zero-order chi connectivity index (χ0) is 18.5. The third-order valence-electron chi connectivity index (χ3n) is 4.22. The summed E-state index contributed by atoms with van der Waals surface area (Å²) in [5.41, 5.74) is 1.38. The molecule has 3 rings (SSSR count). The van der Waals surface area contributed by atoms with Gasteiger partial charge in [-0.2, -0.15) is 0 Å². The van der Waals surface area contributed by atoms with E-state index in [0.717, 1.165) is 37.6 Å². The molecule has 1 fully saturated rings. The van der Waals surface area contributed by atoms with Gasteiger partial charge in [0.1, 0.15) is 5.82 Å². The molecule has 136 valence electrons. The molecule has 5 nitrogen and oxygen atoms in total. The lowest BCUT2D eigenvalue weighted by atomic mass is 10.2. The fraction of sp³-hybridized carbons (Fsp3) is 0.263. The molecule has 2 heterocycles. The van der Waals surface area contributed by atoms with E-state index in [4.69, 9.17) is 23.2 Å². The third kappa shape index (κ3) is 4.97. The van der Waals surface area contributed by atoms with E-state index < -0.39 is 0 Å². The van der Waals surface area contributed by atoms with Crippen LogP contribution in [0, 0.1) is 0 Å². The Kier molecular flexibility index (Phi) is 6.14. The second kappa shape index (κ2) is 8.54. The minimum Gasteiger partial charge on any atom is -0.354 e. The van der Waals surface area contributed by atoms with Crippen molar-refractivity contribution < 1.29 is 4.79 Å². The van der Waals surface area contributed by atoms with Crippen molar-refractivity contribution in [2.75, 3.05) is 43.4 Å². The molecule has 1 saturated heterocycles. The first-order valence-electron chi connectivity index (χ1n) is 8.35. The van der Waals surface area contributed by atoms with E-state index in [9.17, 15) is 4.79 Å². The molecular weight excluding hydrogens is 371 g/mol. The molecular formula is C19H20Cl2N4O. The third-order valence-corrected chi connectivity index (χ3v) is 4.78. The Morgan fingerprint density at radius 3 is 2.58 bits per heavy atom. The average molecular weight is 391 g/mol. The number of nitrogens with one attached hydrogen (secondary N) is 1. The van der Waals surface area contributed by atoms with E-state index in [-0.39, 0.29) is 5.91 Å². The van der Waals surface area contributed by atoms with Crippen LogP contribution < -0.4 is 10.2 Å². The molecule has 7 heteroatoms. The van der Waals surface area contributed by atoms with E-state index in [1.165, 1.54) is 6.08 Å². The molecule has 0 bridgehead atoms. The number of aromatic nitrogens is 1. The van der Waals surface area contributed by atoms with Gasteiger partial charge in [-0.15, -0.1) is 0 Å². The fourth-order valence-electron chi connectivity index (χ4n) is 2.67. The van der Waals surface area contributed by atoms with Gasteiger partial charge in [0.2, 0.25) is 5.91 Å². The SMILES string of the molecule is CN1CCN(c2ccc(NC(=O)/C=C/c3ccc(Cl)cc3Cl)cn2)CC1. The lowest BCUT2D eigenvalue weighted by molar-refractivity contribution is -0.111.